The Kier molecular flexibility index (Phi) is 6.04. The summed E-state index contributed by atoms with van der Waals surface area (Å²) in [6.45, 7) is 0.275. The molecule has 0 aliphatic carbocycles. The van der Waals surface area contributed by atoms with Gasteiger partial charge in [0.2, 0.25) is 0 Å². The van der Waals surface area contributed by atoms with Gasteiger partial charge in [-0.25, -0.2) is 9.59 Å². The summed E-state index contributed by atoms with van der Waals surface area (Å²) >= 11 is 0. The summed E-state index contributed by atoms with van der Waals surface area (Å²) < 4.78 is 11.4. The lowest BCUT2D eigenvalue weighted by molar-refractivity contribution is 0.0465. The molecule has 0 spiro atoms. The Balaban J connectivity index is 1.52. The third kappa shape index (κ3) is 4.26. The minimum Gasteiger partial charge on any atom is -0.457 e. The molecule has 0 aliphatic heterocycles. The number of benzene rings is 5. The quantitative estimate of drug-likeness (QED) is 0.215. The first-order valence-corrected chi connectivity index (χ1v) is 11.1. The number of carbonyl (C=O) groups excluding carboxylic acids is 2. The van der Waals surface area contributed by atoms with Gasteiger partial charge >= 0.3 is 11.9 Å². The lowest BCUT2D eigenvalue weighted by Gasteiger charge is -2.17. The Labute approximate surface area is 197 Å². The van der Waals surface area contributed by atoms with Gasteiger partial charge in [-0.2, -0.15) is 0 Å². The van der Waals surface area contributed by atoms with Crippen molar-refractivity contribution in [1.29, 1.82) is 0 Å². The van der Waals surface area contributed by atoms with Crippen LogP contribution in [0.15, 0.2) is 109 Å². The molecule has 4 nitrogen and oxygen atoms in total. The summed E-state index contributed by atoms with van der Waals surface area (Å²) in [5.74, 6) is -0.732. The molecule has 0 saturated carbocycles. The fourth-order valence-corrected chi connectivity index (χ4v) is 4.21. The summed E-state index contributed by atoms with van der Waals surface area (Å²) in [6, 6.07) is 33.8. The zero-order valence-corrected chi connectivity index (χ0v) is 18.4. The minimum absolute atomic E-state index is 0.138. The maximum absolute atomic E-state index is 12.6. The molecule has 5 aromatic rings. The molecule has 0 saturated heterocycles. The van der Waals surface area contributed by atoms with Crippen molar-refractivity contribution in [2.45, 2.75) is 13.2 Å². The van der Waals surface area contributed by atoms with E-state index in [0.717, 1.165) is 32.7 Å². The smallest absolute Gasteiger partial charge is 0.338 e. The first-order valence-electron chi connectivity index (χ1n) is 11.1. The van der Waals surface area contributed by atoms with Crippen LogP contribution < -0.4 is 0 Å². The Morgan fingerprint density at radius 3 is 1.06 bits per heavy atom. The van der Waals surface area contributed by atoms with Crippen molar-refractivity contribution in [2.75, 3.05) is 0 Å². The van der Waals surface area contributed by atoms with Crippen molar-refractivity contribution in [1.82, 2.24) is 0 Å². The first kappa shape index (κ1) is 21.4. The third-order valence-corrected chi connectivity index (χ3v) is 5.87. The molecule has 0 N–H and O–H groups in total. The Hall–Kier alpha value is -4.44. The minimum atomic E-state index is -0.366. The normalized spacial score (nSPS) is 10.8. The SMILES string of the molecule is O=C(OCc1c2ccccc2c(COC(=O)c2ccccc2)c2ccccc12)c1ccccc1. The molecule has 166 valence electrons. The highest BCUT2D eigenvalue weighted by molar-refractivity contribution is 6.06. The van der Waals surface area contributed by atoms with Crippen molar-refractivity contribution < 1.29 is 19.1 Å². The molecule has 0 aromatic heterocycles. The van der Waals surface area contributed by atoms with Crippen LogP contribution in [0.5, 0.6) is 0 Å². The maximum atomic E-state index is 12.6. The largest absolute Gasteiger partial charge is 0.457 e. The lowest BCUT2D eigenvalue weighted by Crippen LogP contribution is -2.08. The highest BCUT2D eigenvalue weighted by Gasteiger charge is 2.17. The molecular weight excluding hydrogens is 424 g/mol. The van der Waals surface area contributed by atoms with E-state index in [4.69, 9.17) is 9.47 Å². The molecule has 0 radical (unpaired) electrons. The van der Waals surface area contributed by atoms with Crippen LogP contribution in [0.25, 0.3) is 21.5 Å². The fourth-order valence-electron chi connectivity index (χ4n) is 4.21. The van der Waals surface area contributed by atoms with Crippen LogP contribution in [0.1, 0.15) is 31.8 Å². The van der Waals surface area contributed by atoms with Crippen LogP contribution in [0, 0.1) is 0 Å². The monoisotopic (exact) mass is 446 g/mol. The van der Waals surface area contributed by atoms with E-state index in [0.29, 0.717) is 11.1 Å². The van der Waals surface area contributed by atoms with Gasteiger partial charge in [-0.15, -0.1) is 0 Å². The van der Waals surface area contributed by atoms with Gasteiger partial charge in [-0.1, -0.05) is 84.9 Å². The van der Waals surface area contributed by atoms with Crippen LogP contribution in [0.4, 0.5) is 0 Å². The van der Waals surface area contributed by atoms with Gasteiger partial charge in [-0.3, -0.25) is 0 Å². The van der Waals surface area contributed by atoms with E-state index in [2.05, 4.69) is 0 Å². The molecule has 0 aliphatic rings. The van der Waals surface area contributed by atoms with E-state index in [1.165, 1.54) is 0 Å². The van der Waals surface area contributed by atoms with Crippen LogP contribution in [0.2, 0.25) is 0 Å². The predicted octanol–water partition coefficient (Wildman–Crippen LogP) is 6.71. The molecule has 0 atom stereocenters. The number of hydrogen-bond donors (Lipinski definition) is 0. The third-order valence-electron chi connectivity index (χ3n) is 5.87. The van der Waals surface area contributed by atoms with Gasteiger partial charge in [0.25, 0.3) is 0 Å². The fraction of sp³-hybridized carbons (Fsp3) is 0.0667. The average Bonchev–Trinajstić information content (AvgIpc) is 2.91. The molecule has 0 fully saturated rings. The van der Waals surface area contributed by atoms with E-state index in [1.807, 2.05) is 84.9 Å². The zero-order chi connectivity index (χ0) is 23.3. The number of esters is 2. The van der Waals surface area contributed by atoms with Crippen molar-refractivity contribution >= 4 is 33.5 Å². The van der Waals surface area contributed by atoms with Crippen molar-refractivity contribution in [3.8, 4) is 0 Å². The summed E-state index contributed by atoms with van der Waals surface area (Å²) in [7, 11) is 0. The molecule has 0 amide bonds. The van der Waals surface area contributed by atoms with Gasteiger partial charge in [0.05, 0.1) is 11.1 Å². The van der Waals surface area contributed by atoms with E-state index < -0.39 is 0 Å². The maximum Gasteiger partial charge on any atom is 0.338 e. The number of carbonyl (C=O) groups is 2. The van der Waals surface area contributed by atoms with Crippen molar-refractivity contribution in [2.24, 2.45) is 0 Å². The Morgan fingerprint density at radius 1 is 0.441 bits per heavy atom. The zero-order valence-electron chi connectivity index (χ0n) is 18.4. The standard InChI is InChI=1S/C30H22O4/c31-29(21-11-3-1-4-12-21)33-19-27-23-15-7-9-17-25(23)28(26-18-10-8-16-24(26)27)20-34-30(32)22-13-5-2-6-14-22/h1-18H,19-20H2. The molecule has 5 aromatic carbocycles. The highest BCUT2D eigenvalue weighted by atomic mass is 16.5. The molecule has 0 unspecified atom stereocenters. The second kappa shape index (κ2) is 9.59. The first-order chi connectivity index (χ1) is 16.7. The molecule has 4 heteroatoms. The topological polar surface area (TPSA) is 52.6 Å². The molecule has 34 heavy (non-hydrogen) atoms. The van der Waals surface area contributed by atoms with Crippen LogP contribution >= 0.6 is 0 Å². The van der Waals surface area contributed by atoms with Crippen LogP contribution in [-0.2, 0) is 22.7 Å². The molecule has 0 heterocycles. The van der Waals surface area contributed by atoms with E-state index in [1.54, 1.807) is 24.3 Å². The summed E-state index contributed by atoms with van der Waals surface area (Å²) in [6.07, 6.45) is 0. The van der Waals surface area contributed by atoms with E-state index in [9.17, 15) is 9.59 Å². The average molecular weight is 447 g/mol. The number of rotatable bonds is 6. The number of ether oxygens (including phenoxy) is 2. The molecule has 5 rings (SSSR count). The van der Waals surface area contributed by atoms with Crippen LogP contribution in [-0.4, -0.2) is 11.9 Å². The van der Waals surface area contributed by atoms with Gasteiger partial charge in [0.15, 0.2) is 0 Å². The van der Waals surface area contributed by atoms with Gasteiger partial charge in [0.1, 0.15) is 13.2 Å². The van der Waals surface area contributed by atoms with Gasteiger partial charge in [-0.05, 0) is 45.8 Å². The predicted molar refractivity (Wildman–Crippen MR) is 133 cm³/mol. The Bertz CT molecular complexity index is 1300. The van der Waals surface area contributed by atoms with Crippen molar-refractivity contribution in [3.05, 3.63) is 131 Å². The summed E-state index contributed by atoms with van der Waals surface area (Å²) in [5.41, 5.74) is 2.88. The molecule has 0 bridgehead atoms. The Morgan fingerprint density at radius 2 is 0.735 bits per heavy atom. The molecular formula is C30H22O4. The van der Waals surface area contributed by atoms with Crippen LogP contribution in [0.3, 0.4) is 0 Å². The number of fused-ring (bicyclic) bond motifs is 2. The van der Waals surface area contributed by atoms with Gasteiger partial charge in [0, 0.05) is 11.1 Å². The summed E-state index contributed by atoms with van der Waals surface area (Å²) in [5, 5.41) is 3.86. The lowest BCUT2D eigenvalue weighted by atomic mass is 9.92. The van der Waals surface area contributed by atoms with E-state index in [-0.39, 0.29) is 25.2 Å². The van der Waals surface area contributed by atoms with Crippen molar-refractivity contribution in [3.63, 3.8) is 0 Å². The number of hydrogen-bond acceptors (Lipinski definition) is 4. The van der Waals surface area contributed by atoms with E-state index >= 15 is 0 Å². The second-order valence-electron chi connectivity index (χ2n) is 7.93. The van der Waals surface area contributed by atoms with Gasteiger partial charge < -0.3 is 9.47 Å². The summed E-state index contributed by atoms with van der Waals surface area (Å²) in [4.78, 5) is 25.2. The highest BCUT2D eigenvalue weighted by Crippen LogP contribution is 2.34. The second-order valence-corrected chi connectivity index (χ2v) is 7.93.